The van der Waals surface area contributed by atoms with Crippen LogP contribution in [0.15, 0.2) is 60.8 Å². The lowest BCUT2D eigenvalue weighted by Gasteiger charge is -2.25. The molecule has 0 aromatic rings. The predicted octanol–water partition coefficient (Wildman–Crippen LogP) is 17.2. The number of carbonyl (C=O) groups excluding carboxylic acids is 2. The molecule has 0 spiro atoms. The average Bonchev–Trinajstić information content (AvgIpc) is 3.34. The largest absolute Gasteiger partial charge is 0.477 e. The lowest BCUT2D eigenvalue weighted by molar-refractivity contribution is -0.870. The van der Waals surface area contributed by atoms with Gasteiger partial charge in [0.05, 0.1) is 34.4 Å². The van der Waals surface area contributed by atoms with Crippen molar-refractivity contribution in [3.63, 3.8) is 0 Å². The van der Waals surface area contributed by atoms with E-state index in [1.165, 1.54) is 148 Å². The first-order valence-electron chi connectivity index (χ1n) is 29.5. The Bertz CT molecular complexity index is 1350. The number of ether oxygens (including phenoxy) is 4. The lowest BCUT2D eigenvalue weighted by Crippen LogP contribution is -2.40. The molecule has 0 aliphatic heterocycles. The Morgan fingerprint density at radius 1 is 0.423 bits per heavy atom. The van der Waals surface area contributed by atoms with Crippen LogP contribution in [0, 0.1) is 0 Å². The van der Waals surface area contributed by atoms with Crippen LogP contribution in [0.1, 0.15) is 258 Å². The minimum absolute atomic E-state index is 0.184. The van der Waals surface area contributed by atoms with E-state index >= 15 is 0 Å². The second kappa shape index (κ2) is 53.3. The number of likely N-dealkylation sites (N-methyl/N-ethyl adjacent to an activating group) is 1. The van der Waals surface area contributed by atoms with Gasteiger partial charge in [-0.15, -0.1) is 0 Å². The second-order valence-corrected chi connectivity index (χ2v) is 20.9. The molecule has 1 N–H and O–H groups in total. The first-order valence-corrected chi connectivity index (χ1v) is 29.5. The molecule has 9 heteroatoms. The van der Waals surface area contributed by atoms with Crippen LogP contribution in [-0.4, -0.2) is 87.4 Å². The molecule has 0 aromatic heterocycles. The highest BCUT2D eigenvalue weighted by molar-refractivity contribution is 5.71. The summed E-state index contributed by atoms with van der Waals surface area (Å²) in [7, 11) is 5.96. The normalized spacial score (nSPS) is 13.2. The zero-order valence-electron chi connectivity index (χ0n) is 46.9. The van der Waals surface area contributed by atoms with E-state index in [2.05, 4.69) is 74.6 Å². The van der Waals surface area contributed by atoms with Crippen LogP contribution in [0.3, 0.4) is 0 Å². The Morgan fingerprint density at radius 3 is 1.15 bits per heavy atom. The van der Waals surface area contributed by atoms with Crippen LogP contribution in [-0.2, 0) is 33.3 Å². The maximum Gasteiger partial charge on any atom is 0.361 e. The Morgan fingerprint density at radius 2 is 0.761 bits per heavy atom. The predicted molar refractivity (Wildman–Crippen MR) is 300 cm³/mol. The molecule has 2 unspecified atom stereocenters. The summed E-state index contributed by atoms with van der Waals surface area (Å²) in [6.07, 6.45) is 64.4. The van der Waals surface area contributed by atoms with Gasteiger partial charge >= 0.3 is 17.9 Å². The summed E-state index contributed by atoms with van der Waals surface area (Å²) < 4.78 is 22.9. The van der Waals surface area contributed by atoms with Crippen LogP contribution in [0.4, 0.5) is 0 Å². The fourth-order valence-corrected chi connectivity index (χ4v) is 8.17. The minimum Gasteiger partial charge on any atom is -0.477 e. The Labute approximate surface area is 437 Å². The van der Waals surface area contributed by atoms with Gasteiger partial charge in [-0.05, 0) is 83.5 Å². The van der Waals surface area contributed by atoms with Gasteiger partial charge in [-0.25, -0.2) is 4.79 Å². The van der Waals surface area contributed by atoms with E-state index in [9.17, 15) is 19.5 Å². The minimum atomic E-state index is -1.52. The molecule has 0 fully saturated rings. The Balaban J connectivity index is 4.22. The molecule has 0 aliphatic rings. The van der Waals surface area contributed by atoms with E-state index in [1.54, 1.807) is 0 Å². The summed E-state index contributed by atoms with van der Waals surface area (Å²) in [6.45, 7) is 4.84. The highest BCUT2D eigenvalue weighted by Crippen LogP contribution is 2.16. The molecule has 0 bridgehead atoms. The molecular weight excluding hydrogens is 887 g/mol. The molecule has 2 atom stereocenters. The molecule has 0 radical (unpaired) electrons. The van der Waals surface area contributed by atoms with E-state index in [4.69, 9.17) is 18.9 Å². The Kier molecular flexibility index (Phi) is 51.0. The number of allylic oxidation sites excluding steroid dienone is 10. The molecule has 0 saturated heterocycles. The number of esters is 2. The SMILES string of the molecule is CCCCC/C=C\C/C=C\C/C=C\CCCCCCCCC(=O)OC(COC(=O)CCCCCCCCCCCCCCCCC/C=C\C/C=C\CCCCCCC)COC(OCC[N+](C)(C)C)C(=O)O. The smallest absolute Gasteiger partial charge is 0.361 e. The van der Waals surface area contributed by atoms with Crippen molar-refractivity contribution in [1.82, 2.24) is 0 Å². The topological polar surface area (TPSA) is 108 Å². The molecule has 0 amide bonds. The van der Waals surface area contributed by atoms with Crippen LogP contribution in [0.2, 0.25) is 0 Å². The maximum absolute atomic E-state index is 12.9. The lowest BCUT2D eigenvalue weighted by atomic mass is 10.0. The summed E-state index contributed by atoms with van der Waals surface area (Å²) >= 11 is 0. The first-order chi connectivity index (χ1) is 34.6. The van der Waals surface area contributed by atoms with Crippen LogP contribution >= 0.6 is 0 Å². The molecule has 0 aliphatic carbocycles. The first kappa shape index (κ1) is 68.0. The van der Waals surface area contributed by atoms with Gasteiger partial charge in [0.15, 0.2) is 6.10 Å². The molecule has 0 aromatic carbocycles. The number of carbonyl (C=O) groups is 3. The third-order valence-corrected chi connectivity index (χ3v) is 12.7. The van der Waals surface area contributed by atoms with Crippen LogP contribution in [0.25, 0.3) is 0 Å². The maximum atomic E-state index is 12.9. The molecule has 71 heavy (non-hydrogen) atoms. The van der Waals surface area contributed by atoms with Crippen molar-refractivity contribution >= 4 is 17.9 Å². The van der Waals surface area contributed by atoms with Crippen molar-refractivity contribution in [1.29, 1.82) is 0 Å². The molecule has 0 saturated carbocycles. The van der Waals surface area contributed by atoms with Gasteiger partial charge in [0.2, 0.25) is 0 Å². The average molecular weight is 1000 g/mol. The fraction of sp³-hybridized carbons (Fsp3) is 0.790. The summed E-state index contributed by atoms with van der Waals surface area (Å²) in [5.41, 5.74) is 0. The van der Waals surface area contributed by atoms with Crippen molar-refractivity contribution < 1.29 is 42.9 Å². The zero-order chi connectivity index (χ0) is 52.0. The van der Waals surface area contributed by atoms with E-state index in [1.807, 2.05) is 21.1 Å². The number of rotatable bonds is 54. The number of hydrogen-bond acceptors (Lipinski definition) is 7. The summed E-state index contributed by atoms with van der Waals surface area (Å²) in [5.74, 6) is -2.02. The molecular formula is C62H112NO8+. The van der Waals surface area contributed by atoms with Crippen molar-refractivity contribution in [2.75, 3.05) is 47.5 Å². The van der Waals surface area contributed by atoms with Gasteiger partial charge in [0, 0.05) is 12.8 Å². The fourth-order valence-electron chi connectivity index (χ4n) is 8.17. The molecule has 9 nitrogen and oxygen atoms in total. The quantitative estimate of drug-likeness (QED) is 0.0211. The molecule has 412 valence electrons. The highest BCUT2D eigenvalue weighted by Gasteiger charge is 2.25. The Hall–Kier alpha value is -3.01. The zero-order valence-corrected chi connectivity index (χ0v) is 46.9. The number of carboxylic acid groups (broad SMARTS) is 1. The van der Waals surface area contributed by atoms with Crippen molar-refractivity contribution in [2.45, 2.75) is 270 Å². The van der Waals surface area contributed by atoms with E-state index < -0.39 is 24.3 Å². The van der Waals surface area contributed by atoms with E-state index in [-0.39, 0.29) is 32.2 Å². The van der Waals surface area contributed by atoms with Crippen molar-refractivity contribution in [3.05, 3.63) is 60.8 Å². The third kappa shape index (κ3) is 54.6. The summed E-state index contributed by atoms with van der Waals surface area (Å²) in [5, 5.41) is 9.70. The van der Waals surface area contributed by atoms with Gasteiger partial charge in [0.25, 0.3) is 6.29 Å². The van der Waals surface area contributed by atoms with Gasteiger partial charge in [0.1, 0.15) is 13.2 Å². The van der Waals surface area contributed by atoms with E-state index in [0.29, 0.717) is 23.9 Å². The number of nitrogens with zero attached hydrogens (tertiary/aromatic N) is 1. The third-order valence-electron chi connectivity index (χ3n) is 12.7. The summed E-state index contributed by atoms with van der Waals surface area (Å²) in [6, 6.07) is 0. The number of carboxylic acids is 1. The summed E-state index contributed by atoms with van der Waals surface area (Å²) in [4.78, 5) is 37.4. The molecule has 0 heterocycles. The van der Waals surface area contributed by atoms with Crippen LogP contribution < -0.4 is 0 Å². The number of aliphatic carboxylic acids is 1. The van der Waals surface area contributed by atoms with Crippen molar-refractivity contribution in [2.24, 2.45) is 0 Å². The number of hydrogen-bond donors (Lipinski definition) is 1. The van der Waals surface area contributed by atoms with E-state index in [0.717, 1.165) is 77.0 Å². The molecule has 0 rings (SSSR count). The highest BCUT2D eigenvalue weighted by atomic mass is 16.7. The second-order valence-electron chi connectivity index (χ2n) is 20.9. The van der Waals surface area contributed by atoms with Gasteiger partial charge < -0.3 is 28.5 Å². The van der Waals surface area contributed by atoms with Gasteiger partial charge in [-0.3, -0.25) is 9.59 Å². The van der Waals surface area contributed by atoms with Crippen LogP contribution in [0.5, 0.6) is 0 Å². The number of unbranched alkanes of at least 4 members (excludes halogenated alkanes) is 29. The van der Waals surface area contributed by atoms with Crippen molar-refractivity contribution in [3.8, 4) is 0 Å². The monoisotopic (exact) mass is 999 g/mol. The van der Waals surface area contributed by atoms with Gasteiger partial charge in [-0.1, -0.05) is 222 Å². The van der Waals surface area contributed by atoms with Gasteiger partial charge in [-0.2, -0.15) is 0 Å². The number of quaternary nitrogens is 1. The standard InChI is InChI=1S/C62H111NO8/c1-6-8-10-12-14-16-18-20-22-24-26-27-28-29-30-31-32-33-35-36-38-40-42-44-46-48-50-52-59(64)69-56-58(57-70-62(61(66)67)68-55-54-63(3,4)5)71-60(65)53-51-49-47-45-43-41-39-37-34-25-23-21-19-17-15-13-11-9-7-2/h15,17-18,20-21,23-24,26,34,37,58,62H,6-14,16,19,22,25,27-33,35-36,38-57H2,1-5H3/p+1/b17-15-,20-18-,23-21-,26-24-,37-34-.